The number of rotatable bonds is 3. The third kappa shape index (κ3) is 3.08. The fourth-order valence-electron chi connectivity index (χ4n) is 2.27. The maximum Gasteiger partial charge on any atom is 0.261 e. The topological polar surface area (TPSA) is 75.3 Å². The lowest BCUT2D eigenvalue weighted by molar-refractivity contribution is -0.116. The lowest BCUT2D eigenvalue weighted by atomic mass is 10.0. The van der Waals surface area contributed by atoms with Crippen LogP contribution < -0.4 is 10.0 Å². The Morgan fingerprint density at radius 2 is 1.77 bits per heavy atom. The summed E-state index contributed by atoms with van der Waals surface area (Å²) in [5.74, 6) is -0.0259. The molecule has 7 heteroatoms. The van der Waals surface area contributed by atoms with Crippen LogP contribution in [-0.2, 0) is 21.2 Å². The summed E-state index contributed by atoms with van der Waals surface area (Å²) in [5, 5.41) is 3.23. The standard InChI is InChI=1S/C15H13ClN2O3S/c16-11-2-5-13(6-3-11)22(20,21)18-12-4-7-14-10(9-12)1-8-15(19)17-14/h2-7,9,18H,1,8H2,(H,17,19). The predicted molar refractivity (Wildman–Crippen MR) is 85.7 cm³/mol. The van der Waals surface area contributed by atoms with Gasteiger partial charge in [0.15, 0.2) is 0 Å². The first-order valence-corrected chi connectivity index (χ1v) is 8.51. The number of aryl methyl sites for hydroxylation is 1. The van der Waals surface area contributed by atoms with E-state index in [9.17, 15) is 13.2 Å². The molecule has 0 saturated heterocycles. The van der Waals surface area contributed by atoms with E-state index in [0.717, 1.165) is 11.3 Å². The summed E-state index contributed by atoms with van der Waals surface area (Å²) in [6.45, 7) is 0. The molecule has 0 aliphatic carbocycles. The zero-order valence-electron chi connectivity index (χ0n) is 11.5. The molecule has 0 atom stereocenters. The van der Waals surface area contributed by atoms with Gasteiger partial charge in [0.05, 0.1) is 4.90 Å². The van der Waals surface area contributed by atoms with Crippen LogP contribution in [0.1, 0.15) is 12.0 Å². The van der Waals surface area contributed by atoms with Crippen molar-refractivity contribution in [2.24, 2.45) is 0 Å². The van der Waals surface area contributed by atoms with Crippen molar-refractivity contribution in [1.82, 2.24) is 0 Å². The maximum atomic E-state index is 12.3. The van der Waals surface area contributed by atoms with Gasteiger partial charge in [-0.3, -0.25) is 9.52 Å². The highest BCUT2D eigenvalue weighted by Gasteiger charge is 2.18. The van der Waals surface area contributed by atoms with Gasteiger partial charge in [0, 0.05) is 22.8 Å². The number of fused-ring (bicyclic) bond motifs is 1. The van der Waals surface area contributed by atoms with E-state index in [-0.39, 0.29) is 10.8 Å². The van der Waals surface area contributed by atoms with Crippen molar-refractivity contribution in [3.63, 3.8) is 0 Å². The highest BCUT2D eigenvalue weighted by atomic mass is 35.5. The Labute approximate surface area is 133 Å². The average molecular weight is 337 g/mol. The van der Waals surface area contributed by atoms with Gasteiger partial charge in [-0.1, -0.05) is 11.6 Å². The summed E-state index contributed by atoms with van der Waals surface area (Å²) in [7, 11) is -3.66. The molecule has 1 aliphatic rings. The molecular formula is C15H13ClN2O3S. The number of carbonyl (C=O) groups is 1. The van der Waals surface area contributed by atoms with E-state index in [1.807, 2.05) is 0 Å². The minimum Gasteiger partial charge on any atom is -0.326 e. The van der Waals surface area contributed by atoms with Gasteiger partial charge < -0.3 is 5.32 Å². The van der Waals surface area contributed by atoms with Crippen LogP contribution in [0, 0.1) is 0 Å². The Bertz CT molecular complexity index is 832. The van der Waals surface area contributed by atoms with Crippen molar-refractivity contribution in [2.45, 2.75) is 17.7 Å². The first-order chi connectivity index (χ1) is 10.4. The van der Waals surface area contributed by atoms with Crippen molar-refractivity contribution in [1.29, 1.82) is 0 Å². The van der Waals surface area contributed by atoms with Gasteiger partial charge in [-0.25, -0.2) is 8.42 Å². The summed E-state index contributed by atoms with van der Waals surface area (Å²) >= 11 is 5.76. The van der Waals surface area contributed by atoms with Crippen molar-refractivity contribution in [2.75, 3.05) is 10.0 Å². The molecule has 114 valence electrons. The Hall–Kier alpha value is -2.05. The monoisotopic (exact) mass is 336 g/mol. The molecule has 0 aromatic heterocycles. The number of hydrogen-bond donors (Lipinski definition) is 2. The number of amides is 1. The second-order valence-corrected chi connectivity index (χ2v) is 7.10. The number of anilines is 2. The first kappa shape index (κ1) is 14.9. The van der Waals surface area contributed by atoms with Gasteiger partial charge >= 0.3 is 0 Å². The van der Waals surface area contributed by atoms with E-state index in [2.05, 4.69) is 10.0 Å². The number of sulfonamides is 1. The fraction of sp³-hybridized carbons (Fsp3) is 0.133. The van der Waals surface area contributed by atoms with Crippen LogP contribution in [0.15, 0.2) is 47.4 Å². The molecular weight excluding hydrogens is 324 g/mol. The van der Waals surface area contributed by atoms with E-state index >= 15 is 0 Å². The van der Waals surface area contributed by atoms with Gasteiger partial charge in [0.25, 0.3) is 10.0 Å². The van der Waals surface area contributed by atoms with Crippen LogP contribution in [0.5, 0.6) is 0 Å². The number of nitrogens with one attached hydrogen (secondary N) is 2. The number of carbonyl (C=O) groups excluding carboxylic acids is 1. The van der Waals surface area contributed by atoms with Crippen molar-refractivity contribution in [3.8, 4) is 0 Å². The second kappa shape index (κ2) is 5.62. The van der Waals surface area contributed by atoms with Gasteiger partial charge in [-0.2, -0.15) is 0 Å². The number of halogens is 1. The molecule has 0 unspecified atom stereocenters. The maximum absolute atomic E-state index is 12.3. The van der Waals surface area contributed by atoms with Gasteiger partial charge in [-0.05, 0) is 54.4 Å². The van der Waals surface area contributed by atoms with Crippen LogP contribution in [0.3, 0.4) is 0 Å². The first-order valence-electron chi connectivity index (χ1n) is 6.65. The third-order valence-electron chi connectivity index (χ3n) is 3.38. The van der Waals surface area contributed by atoms with Crippen LogP contribution in [0.25, 0.3) is 0 Å². The van der Waals surface area contributed by atoms with E-state index in [0.29, 0.717) is 23.6 Å². The summed E-state index contributed by atoms with van der Waals surface area (Å²) in [6.07, 6.45) is 0.998. The quantitative estimate of drug-likeness (QED) is 0.904. The van der Waals surface area contributed by atoms with Crippen LogP contribution in [0.4, 0.5) is 11.4 Å². The molecule has 0 radical (unpaired) electrons. The van der Waals surface area contributed by atoms with Crippen molar-refractivity contribution in [3.05, 3.63) is 53.1 Å². The molecule has 3 rings (SSSR count). The molecule has 2 aromatic rings. The Balaban J connectivity index is 1.86. The zero-order valence-corrected chi connectivity index (χ0v) is 13.0. The molecule has 2 aromatic carbocycles. The van der Waals surface area contributed by atoms with Gasteiger partial charge in [-0.15, -0.1) is 0 Å². The second-order valence-electron chi connectivity index (χ2n) is 4.98. The molecule has 5 nitrogen and oxygen atoms in total. The van der Waals surface area contributed by atoms with E-state index < -0.39 is 10.0 Å². The molecule has 0 saturated carbocycles. The fourth-order valence-corrected chi connectivity index (χ4v) is 3.45. The lowest BCUT2D eigenvalue weighted by Crippen LogP contribution is -2.19. The minimum atomic E-state index is -3.66. The van der Waals surface area contributed by atoms with Gasteiger partial charge in [0.2, 0.25) is 5.91 Å². The molecule has 0 spiro atoms. The molecule has 1 aliphatic heterocycles. The summed E-state index contributed by atoms with van der Waals surface area (Å²) in [6, 6.07) is 11.0. The van der Waals surface area contributed by atoms with E-state index in [1.54, 1.807) is 18.2 Å². The van der Waals surface area contributed by atoms with E-state index in [4.69, 9.17) is 11.6 Å². The predicted octanol–water partition coefficient (Wildman–Crippen LogP) is 3.03. The highest BCUT2D eigenvalue weighted by Crippen LogP contribution is 2.27. The number of benzene rings is 2. The largest absolute Gasteiger partial charge is 0.326 e. The summed E-state index contributed by atoms with van der Waals surface area (Å²) in [4.78, 5) is 11.5. The van der Waals surface area contributed by atoms with E-state index in [1.165, 1.54) is 24.3 Å². The Morgan fingerprint density at radius 1 is 1.05 bits per heavy atom. The molecule has 22 heavy (non-hydrogen) atoms. The van der Waals surface area contributed by atoms with Crippen molar-refractivity contribution >= 4 is 38.9 Å². The van der Waals surface area contributed by atoms with Crippen LogP contribution in [-0.4, -0.2) is 14.3 Å². The third-order valence-corrected chi connectivity index (χ3v) is 5.03. The SMILES string of the molecule is O=C1CCc2cc(NS(=O)(=O)c3ccc(Cl)cc3)ccc2N1. The molecule has 1 amide bonds. The summed E-state index contributed by atoms with van der Waals surface area (Å²) in [5.41, 5.74) is 2.10. The lowest BCUT2D eigenvalue weighted by Gasteiger charge is -2.18. The van der Waals surface area contributed by atoms with Crippen LogP contribution >= 0.6 is 11.6 Å². The Kier molecular flexibility index (Phi) is 3.80. The number of hydrogen-bond acceptors (Lipinski definition) is 3. The minimum absolute atomic E-state index is 0.0259. The summed E-state index contributed by atoms with van der Waals surface area (Å²) < 4.78 is 27.1. The molecule has 1 heterocycles. The zero-order chi connectivity index (χ0) is 15.7. The average Bonchev–Trinajstić information content (AvgIpc) is 2.47. The molecule has 0 fully saturated rings. The normalized spacial score (nSPS) is 14.1. The molecule has 2 N–H and O–H groups in total. The van der Waals surface area contributed by atoms with Gasteiger partial charge in [0.1, 0.15) is 0 Å². The molecule has 0 bridgehead atoms. The smallest absolute Gasteiger partial charge is 0.261 e. The van der Waals surface area contributed by atoms with Crippen LogP contribution in [0.2, 0.25) is 5.02 Å². The Morgan fingerprint density at radius 3 is 2.50 bits per heavy atom. The highest BCUT2D eigenvalue weighted by molar-refractivity contribution is 7.92. The van der Waals surface area contributed by atoms with Crippen molar-refractivity contribution < 1.29 is 13.2 Å².